The molecule has 156 valence electrons. The molecule has 0 radical (unpaired) electrons. The van der Waals surface area contributed by atoms with Crippen molar-refractivity contribution in [3.63, 3.8) is 0 Å². The number of hydrogen-bond acceptors (Lipinski definition) is 3. The van der Waals surface area contributed by atoms with Gasteiger partial charge in [0.05, 0.1) is 20.6 Å². The Morgan fingerprint density at radius 3 is 2.30 bits per heavy atom. The minimum Gasteiger partial charge on any atom is -0.324 e. The van der Waals surface area contributed by atoms with Gasteiger partial charge in [0.1, 0.15) is 6.54 Å². The van der Waals surface area contributed by atoms with Gasteiger partial charge in [-0.25, -0.2) is 17.2 Å². The van der Waals surface area contributed by atoms with Gasteiger partial charge in [0.2, 0.25) is 5.91 Å². The van der Waals surface area contributed by atoms with Gasteiger partial charge < -0.3 is 5.32 Å². The molecule has 0 atom stereocenters. The van der Waals surface area contributed by atoms with Crippen LogP contribution in [0.3, 0.4) is 0 Å². The van der Waals surface area contributed by atoms with Crippen LogP contribution in [-0.2, 0) is 14.8 Å². The summed E-state index contributed by atoms with van der Waals surface area (Å²) in [5.41, 5.74) is -0.0402. The van der Waals surface area contributed by atoms with Crippen LogP contribution in [0.5, 0.6) is 0 Å². The monoisotopic (exact) mass is 470 g/mol. The molecule has 30 heavy (non-hydrogen) atoms. The molecule has 0 saturated carbocycles. The highest BCUT2D eigenvalue weighted by atomic mass is 35.5. The van der Waals surface area contributed by atoms with Crippen LogP contribution < -0.4 is 9.62 Å². The summed E-state index contributed by atoms with van der Waals surface area (Å²) >= 11 is 12.2. The summed E-state index contributed by atoms with van der Waals surface area (Å²) in [5.74, 6) is -3.03. The third-order valence-electron chi connectivity index (χ3n) is 4.02. The Hall–Kier alpha value is -2.68. The SMILES string of the molecule is O=C(CN(c1cccc(Cl)c1Cl)S(=O)(=O)c1ccccc1)Nc1ccc(F)c(F)c1. The first-order valence-electron chi connectivity index (χ1n) is 8.47. The zero-order chi connectivity index (χ0) is 21.9. The molecule has 0 unspecified atom stereocenters. The van der Waals surface area contributed by atoms with E-state index in [0.29, 0.717) is 0 Å². The van der Waals surface area contributed by atoms with Crippen LogP contribution in [-0.4, -0.2) is 20.9 Å². The normalized spacial score (nSPS) is 11.2. The Bertz CT molecular complexity index is 1190. The van der Waals surface area contributed by atoms with Gasteiger partial charge in [-0.1, -0.05) is 47.5 Å². The van der Waals surface area contributed by atoms with E-state index in [9.17, 15) is 22.0 Å². The van der Waals surface area contributed by atoms with Crippen molar-refractivity contribution in [3.8, 4) is 0 Å². The molecule has 3 aromatic carbocycles. The van der Waals surface area contributed by atoms with Crippen LogP contribution in [0.1, 0.15) is 0 Å². The highest BCUT2D eigenvalue weighted by molar-refractivity contribution is 7.92. The van der Waals surface area contributed by atoms with E-state index in [1.54, 1.807) is 6.07 Å². The summed E-state index contributed by atoms with van der Waals surface area (Å²) in [4.78, 5) is 12.5. The molecule has 3 rings (SSSR count). The fourth-order valence-corrected chi connectivity index (χ4v) is 4.51. The second kappa shape index (κ2) is 8.99. The Morgan fingerprint density at radius 2 is 1.63 bits per heavy atom. The van der Waals surface area contributed by atoms with Crippen LogP contribution in [0.2, 0.25) is 10.0 Å². The van der Waals surface area contributed by atoms with Crippen molar-refractivity contribution in [3.05, 3.63) is 88.4 Å². The molecule has 0 saturated heterocycles. The van der Waals surface area contributed by atoms with E-state index in [2.05, 4.69) is 5.32 Å². The number of hydrogen-bond donors (Lipinski definition) is 1. The van der Waals surface area contributed by atoms with Gasteiger partial charge in [-0.15, -0.1) is 0 Å². The number of sulfonamides is 1. The van der Waals surface area contributed by atoms with Gasteiger partial charge in [-0.2, -0.15) is 0 Å². The minimum atomic E-state index is -4.20. The topological polar surface area (TPSA) is 66.5 Å². The van der Waals surface area contributed by atoms with E-state index >= 15 is 0 Å². The summed E-state index contributed by atoms with van der Waals surface area (Å²) in [6, 6.07) is 14.6. The quantitative estimate of drug-likeness (QED) is 0.544. The van der Waals surface area contributed by atoms with Crippen molar-refractivity contribution >= 4 is 50.5 Å². The summed E-state index contributed by atoms with van der Waals surface area (Å²) in [6.07, 6.45) is 0. The van der Waals surface area contributed by atoms with E-state index < -0.39 is 34.1 Å². The molecule has 3 aromatic rings. The number of benzene rings is 3. The highest BCUT2D eigenvalue weighted by Gasteiger charge is 2.29. The summed E-state index contributed by atoms with van der Waals surface area (Å²) in [7, 11) is -4.20. The van der Waals surface area contributed by atoms with Crippen LogP contribution in [0.15, 0.2) is 71.6 Å². The lowest BCUT2D eigenvalue weighted by Crippen LogP contribution is -2.38. The molecule has 0 heterocycles. The molecular formula is C20H14Cl2F2N2O3S. The van der Waals surface area contributed by atoms with Crippen LogP contribution >= 0.6 is 23.2 Å². The molecule has 10 heteroatoms. The third-order valence-corrected chi connectivity index (χ3v) is 6.60. The predicted octanol–water partition coefficient (Wildman–Crippen LogP) is 5.11. The van der Waals surface area contributed by atoms with Crippen LogP contribution in [0.4, 0.5) is 20.2 Å². The molecule has 0 fully saturated rings. The highest BCUT2D eigenvalue weighted by Crippen LogP contribution is 2.35. The average Bonchev–Trinajstić information content (AvgIpc) is 2.72. The Kier molecular flexibility index (Phi) is 6.60. The van der Waals surface area contributed by atoms with Crippen molar-refractivity contribution < 1.29 is 22.0 Å². The maximum Gasteiger partial charge on any atom is 0.264 e. The number of carbonyl (C=O) groups is 1. The smallest absolute Gasteiger partial charge is 0.264 e. The molecule has 0 spiro atoms. The van der Waals surface area contributed by atoms with Crippen molar-refractivity contribution in [2.24, 2.45) is 0 Å². The first-order chi connectivity index (χ1) is 14.2. The summed E-state index contributed by atoms with van der Waals surface area (Å²) in [5, 5.41) is 2.38. The molecule has 0 bridgehead atoms. The number of carbonyl (C=O) groups excluding carboxylic acids is 1. The first kappa shape index (κ1) is 22.0. The molecule has 0 aliphatic carbocycles. The molecule has 0 aliphatic rings. The van der Waals surface area contributed by atoms with Gasteiger partial charge in [0.25, 0.3) is 10.0 Å². The fraction of sp³-hybridized carbons (Fsp3) is 0.0500. The third kappa shape index (κ3) is 4.72. The van der Waals surface area contributed by atoms with Crippen LogP contribution in [0.25, 0.3) is 0 Å². The fourth-order valence-electron chi connectivity index (χ4n) is 2.61. The Balaban J connectivity index is 1.98. The molecule has 1 amide bonds. The van der Waals surface area contributed by atoms with Crippen molar-refractivity contribution in [2.75, 3.05) is 16.2 Å². The van der Waals surface area contributed by atoms with Gasteiger partial charge in [-0.05, 0) is 36.4 Å². The maximum atomic E-state index is 13.4. The van der Waals surface area contributed by atoms with E-state index in [4.69, 9.17) is 23.2 Å². The number of amides is 1. The predicted molar refractivity (Wildman–Crippen MR) is 112 cm³/mol. The van der Waals surface area contributed by atoms with Crippen molar-refractivity contribution in [1.82, 2.24) is 0 Å². The molecule has 5 nitrogen and oxygen atoms in total. The summed E-state index contributed by atoms with van der Waals surface area (Å²) < 4.78 is 53.7. The van der Waals surface area contributed by atoms with Gasteiger partial charge >= 0.3 is 0 Å². The zero-order valence-electron chi connectivity index (χ0n) is 15.2. The molecular weight excluding hydrogens is 457 g/mol. The van der Waals surface area contributed by atoms with E-state index in [1.165, 1.54) is 42.5 Å². The lowest BCUT2D eigenvalue weighted by Gasteiger charge is -2.25. The lowest BCUT2D eigenvalue weighted by atomic mass is 10.3. The van der Waals surface area contributed by atoms with Gasteiger partial charge in [-0.3, -0.25) is 9.10 Å². The average molecular weight is 471 g/mol. The Labute approximate surface area is 181 Å². The zero-order valence-corrected chi connectivity index (χ0v) is 17.5. The second-order valence-electron chi connectivity index (χ2n) is 6.07. The Morgan fingerprint density at radius 1 is 0.933 bits per heavy atom. The minimum absolute atomic E-state index is 0.00606. The standard InChI is InChI=1S/C20H14Cl2F2N2O3S/c21-15-7-4-8-18(20(15)22)26(30(28,29)14-5-2-1-3-6-14)12-19(27)25-13-9-10-16(23)17(24)11-13/h1-11H,12H2,(H,25,27). The number of nitrogens with one attached hydrogen (secondary N) is 1. The van der Waals surface area contributed by atoms with Gasteiger partial charge in [0.15, 0.2) is 11.6 Å². The maximum absolute atomic E-state index is 13.4. The number of nitrogens with zero attached hydrogens (tertiary/aromatic N) is 1. The molecule has 0 aromatic heterocycles. The largest absolute Gasteiger partial charge is 0.324 e. The first-order valence-corrected chi connectivity index (χ1v) is 10.7. The second-order valence-corrected chi connectivity index (χ2v) is 8.72. The number of halogens is 4. The number of anilines is 2. The van der Waals surface area contributed by atoms with E-state index in [0.717, 1.165) is 22.5 Å². The summed E-state index contributed by atoms with van der Waals surface area (Å²) in [6.45, 7) is -0.684. The molecule has 0 aliphatic heterocycles. The number of rotatable bonds is 6. The van der Waals surface area contributed by atoms with Crippen LogP contribution in [0, 0.1) is 11.6 Å². The van der Waals surface area contributed by atoms with E-state index in [1.807, 2.05) is 0 Å². The van der Waals surface area contributed by atoms with Gasteiger partial charge in [0, 0.05) is 11.8 Å². The van der Waals surface area contributed by atoms with Crippen molar-refractivity contribution in [1.29, 1.82) is 0 Å². The van der Waals surface area contributed by atoms with Crippen molar-refractivity contribution in [2.45, 2.75) is 4.90 Å². The van der Waals surface area contributed by atoms with E-state index in [-0.39, 0.29) is 26.3 Å². The lowest BCUT2D eigenvalue weighted by molar-refractivity contribution is -0.114. The molecule has 1 N–H and O–H groups in total.